The molecule has 45 heavy (non-hydrogen) atoms. The molecule has 0 N–H and O–H groups in total. The van der Waals surface area contributed by atoms with Crippen molar-refractivity contribution < 1.29 is 18.6 Å². The second kappa shape index (κ2) is 15.0. The summed E-state index contributed by atoms with van der Waals surface area (Å²) in [6, 6.07) is 12.6. The molecule has 1 fully saturated rings. The minimum absolute atomic E-state index is 0.148. The first-order valence-electron chi connectivity index (χ1n) is 16.2. The van der Waals surface area contributed by atoms with Gasteiger partial charge in [0.1, 0.15) is 19.3 Å². The molecule has 1 aliphatic heterocycles. The lowest BCUT2D eigenvalue weighted by Gasteiger charge is -2.41. The molecule has 0 aliphatic carbocycles. The topological polar surface area (TPSA) is 57.9 Å². The molecular formula is C34H53ClFN3O4Si2-2. The average Bonchev–Trinajstić information content (AvgIpc) is 3.22. The molecule has 1 aliphatic rings. The van der Waals surface area contributed by atoms with Gasteiger partial charge in [-0.3, -0.25) is 9.13 Å². The monoisotopic (exact) mass is 677 g/mol. The van der Waals surface area contributed by atoms with Crippen molar-refractivity contribution in [3.05, 3.63) is 68.8 Å². The van der Waals surface area contributed by atoms with Gasteiger partial charge in [-0.15, -0.1) is 28.2 Å². The van der Waals surface area contributed by atoms with Crippen molar-refractivity contribution in [2.24, 2.45) is 0 Å². The SMILES string of the molecule is CC(OCC1(c2ccc(F)cc2)CCN(C)CC1)c1cc(Cl)cc2c1n(COCC[Si-](C)(C)C)c(=O)n2COCC[Si-](C)(C)C. The van der Waals surface area contributed by atoms with Crippen LogP contribution in [0.3, 0.4) is 0 Å². The van der Waals surface area contributed by atoms with Crippen LogP contribution in [0, 0.1) is 5.82 Å². The van der Waals surface area contributed by atoms with E-state index in [9.17, 15) is 9.18 Å². The van der Waals surface area contributed by atoms with Crippen LogP contribution in [-0.2, 0) is 33.1 Å². The number of fused-ring (bicyclic) bond motifs is 1. The van der Waals surface area contributed by atoms with Gasteiger partial charge in [-0.2, -0.15) is 39.3 Å². The molecule has 0 radical (unpaired) electrons. The first kappa shape index (κ1) is 36.0. The Morgan fingerprint density at radius 1 is 0.911 bits per heavy atom. The summed E-state index contributed by atoms with van der Waals surface area (Å²) in [5.74, 6) is -0.239. The summed E-state index contributed by atoms with van der Waals surface area (Å²) in [6.07, 6.45) is 1.46. The Hall–Kier alpha value is -1.80. The third-order valence-electron chi connectivity index (χ3n) is 8.99. The van der Waals surface area contributed by atoms with Crippen molar-refractivity contribution >= 4 is 38.8 Å². The summed E-state index contributed by atoms with van der Waals surface area (Å²) < 4.78 is 36.1. The molecule has 3 aromatic rings. The van der Waals surface area contributed by atoms with Gasteiger partial charge < -0.3 is 19.1 Å². The zero-order valence-corrected chi connectivity index (χ0v) is 31.3. The Bertz CT molecular complexity index is 1470. The number of nitrogens with zero attached hydrogens (tertiary/aromatic N) is 3. The molecular weight excluding hydrogens is 625 g/mol. The normalized spacial score (nSPS) is 16.8. The predicted octanol–water partition coefficient (Wildman–Crippen LogP) is 7.96. The van der Waals surface area contributed by atoms with E-state index in [2.05, 4.69) is 51.2 Å². The van der Waals surface area contributed by atoms with E-state index in [1.807, 2.05) is 31.2 Å². The van der Waals surface area contributed by atoms with Crippen LogP contribution < -0.4 is 5.69 Å². The second-order valence-corrected chi connectivity index (χ2v) is 26.9. The molecule has 4 rings (SSSR count). The maximum absolute atomic E-state index is 13.9. The van der Waals surface area contributed by atoms with Crippen LogP contribution in [0.1, 0.15) is 37.0 Å². The van der Waals surface area contributed by atoms with E-state index in [1.54, 1.807) is 9.13 Å². The van der Waals surface area contributed by atoms with E-state index >= 15 is 0 Å². The molecule has 1 atom stereocenters. The molecule has 1 unspecified atom stereocenters. The number of imidazole rings is 1. The van der Waals surface area contributed by atoms with Gasteiger partial charge >= 0.3 is 5.69 Å². The number of halogens is 2. The summed E-state index contributed by atoms with van der Waals surface area (Å²) in [7, 11) is -0.449. The second-order valence-electron chi connectivity index (χ2n) is 15.2. The number of hydrogen-bond acceptors (Lipinski definition) is 5. The van der Waals surface area contributed by atoms with Gasteiger partial charge in [0.15, 0.2) is 0 Å². The molecule has 0 spiro atoms. The Labute approximate surface area is 275 Å². The van der Waals surface area contributed by atoms with Gasteiger partial charge in [0, 0.05) is 29.2 Å². The lowest BCUT2D eigenvalue weighted by Crippen LogP contribution is -2.44. The highest BCUT2D eigenvalue weighted by Gasteiger charge is 2.36. The molecule has 11 heteroatoms. The van der Waals surface area contributed by atoms with Crippen molar-refractivity contribution in [2.75, 3.05) is 40.0 Å². The van der Waals surface area contributed by atoms with Gasteiger partial charge in [0.25, 0.3) is 0 Å². The maximum atomic E-state index is 13.9. The Morgan fingerprint density at radius 3 is 2.02 bits per heavy atom. The van der Waals surface area contributed by atoms with Crippen molar-refractivity contribution in [2.45, 2.75) is 96.1 Å². The van der Waals surface area contributed by atoms with Crippen molar-refractivity contribution in [1.29, 1.82) is 0 Å². The summed E-state index contributed by atoms with van der Waals surface area (Å²) in [6.45, 7) is 19.7. The predicted molar refractivity (Wildman–Crippen MR) is 189 cm³/mol. The summed E-state index contributed by atoms with van der Waals surface area (Å²) in [5.41, 5.74) is 2.99. The highest BCUT2D eigenvalue weighted by atomic mass is 35.5. The molecule has 7 nitrogen and oxygen atoms in total. The average molecular weight is 678 g/mol. The Morgan fingerprint density at radius 2 is 1.47 bits per heavy atom. The minimum Gasteiger partial charge on any atom is -0.373 e. The largest absolute Gasteiger partial charge is 0.373 e. The smallest absolute Gasteiger partial charge is 0.332 e. The van der Waals surface area contributed by atoms with Crippen LogP contribution in [-0.4, -0.2) is 70.1 Å². The fourth-order valence-corrected chi connectivity index (χ4v) is 7.55. The van der Waals surface area contributed by atoms with Crippen LogP contribution in [0.15, 0.2) is 41.2 Å². The van der Waals surface area contributed by atoms with Crippen LogP contribution in [0.2, 0.25) is 56.4 Å². The van der Waals surface area contributed by atoms with Crippen molar-refractivity contribution in [3.8, 4) is 0 Å². The van der Waals surface area contributed by atoms with E-state index in [1.165, 1.54) is 12.1 Å². The van der Waals surface area contributed by atoms with E-state index in [0.29, 0.717) is 30.4 Å². The molecule has 1 saturated heterocycles. The third kappa shape index (κ3) is 9.62. The summed E-state index contributed by atoms with van der Waals surface area (Å²) >= 11 is 6.72. The summed E-state index contributed by atoms with van der Waals surface area (Å²) in [5, 5.41) is 0.535. The van der Waals surface area contributed by atoms with E-state index in [4.69, 9.17) is 25.8 Å². The molecule has 0 bridgehead atoms. The Balaban J connectivity index is 1.66. The zero-order valence-electron chi connectivity index (χ0n) is 28.6. The van der Waals surface area contributed by atoms with Gasteiger partial charge in [-0.1, -0.05) is 23.7 Å². The van der Waals surface area contributed by atoms with Gasteiger partial charge in [0.2, 0.25) is 0 Å². The van der Waals surface area contributed by atoms with Gasteiger partial charge in [-0.05, 0) is 69.7 Å². The maximum Gasteiger partial charge on any atom is 0.332 e. The number of benzene rings is 2. The number of rotatable bonds is 15. The minimum atomic E-state index is -1.30. The fourth-order valence-electron chi connectivity index (χ4n) is 5.81. The summed E-state index contributed by atoms with van der Waals surface area (Å²) in [4.78, 5) is 16.2. The van der Waals surface area contributed by atoms with Gasteiger partial charge in [-0.25, -0.2) is 9.18 Å². The lowest BCUT2D eigenvalue weighted by atomic mass is 9.73. The number of aromatic nitrogens is 2. The van der Waals surface area contributed by atoms with E-state index in [0.717, 1.165) is 54.7 Å². The van der Waals surface area contributed by atoms with Gasteiger partial charge in [0.05, 0.1) is 23.7 Å². The van der Waals surface area contributed by atoms with Crippen molar-refractivity contribution in [1.82, 2.24) is 14.0 Å². The quantitative estimate of drug-likeness (QED) is 0.121. The van der Waals surface area contributed by atoms with Crippen LogP contribution in [0.25, 0.3) is 11.0 Å². The number of hydrogen-bond donors (Lipinski definition) is 0. The Kier molecular flexibility index (Phi) is 12.0. The molecule has 2 aromatic carbocycles. The van der Waals surface area contributed by atoms with Crippen LogP contribution >= 0.6 is 11.6 Å². The van der Waals surface area contributed by atoms with Crippen LogP contribution in [0.4, 0.5) is 4.39 Å². The molecule has 252 valence electrons. The third-order valence-corrected chi connectivity index (χ3v) is 12.6. The molecule has 0 amide bonds. The van der Waals surface area contributed by atoms with Crippen molar-refractivity contribution in [3.63, 3.8) is 0 Å². The molecule has 2 heterocycles. The van der Waals surface area contributed by atoms with Crippen LogP contribution in [0.5, 0.6) is 0 Å². The first-order valence-corrected chi connectivity index (χ1v) is 24.0. The number of ether oxygens (including phenoxy) is 3. The van der Waals surface area contributed by atoms with E-state index < -0.39 is 16.1 Å². The fraction of sp³-hybridized carbons (Fsp3) is 0.618. The standard InChI is InChI=1S/C34H53ClFN3O4Si2/c1-26(43-23-34(13-15-37(2)16-14-34)27-9-11-29(36)12-10-27)30-21-28(35)22-31-32(30)39(25-42-18-20-45(6,7)8)33(40)38(31)24-41-17-19-44(3,4)5/h9-12,21-22,26H,13-20,23-25H2,1-8H3/q-2. The molecule has 0 saturated carbocycles. The first-order chi connectivity index (χ1) is 21.1. The highest BCUT2D eigenvalue weighted by Crippen LogP contribution is 2.38. The highest BCUT2D eigenvalue weighted by molar-refractivity contribution is 6.76. The molecule has 1 aromatic heterocycles. The zero-order chi connectivity index (χ0) is 33.0. The van der Waals surface area contributed by atoms with E-state index in [-0.39, 0.29) is 36.5 Å². The number of piperidine rings is 1. The lowest BCUT2D eigenvalue weighted by molar-refractivity contribution is 0.00671. The number of likely N-dealkylation sites (tertiary alicyclic amines) is 1.